The summed E-state index contributed by atoms with van der Waals surface area (Å²) in [4.78, 5) is 11.5. The maximum Gasteiger partial charge on any atom is 0.264 e. The van der Waals surface area contributed by atoms with E-state index in [1.165, 1.54) is 23.5 Å². The monoisotopic (exact) mass is 345 g/mol. The summed E-state index contributed by atoms with van der Waals surface area (Å²) < 4.78 is 19.1. The van der Waals surface area contributed by atoms with Gasteiger partial charge in [0.15, 0.2) is 18.2 Å². The predicted octanol–water partition coefficient (Wildman–Crippen LogP) is 2.77. The molecule has 0 unspecified atom stereocenters. The van der Waals surface area contributed by atoms with Gasteiger partial charge in [0.25, 0.3) is 5.91 Å². The molecule has 0 aliphatic heterocycles. The highest BCUT2D eigenvalue weighted by Crippen LogP contribution is 2.21. The van der Waals surface area contributed by atoms with E-state index in [0.717, 1.165) is 5.01 Å². The molecule has 0 aliphatic rings. The molecule has 19 heavy (non-hydrogen) atoms. The van der Waals surface area contributed by atoms with Crippen LogP contribution in [0.15, 0.2) is 22.7 Å². The van der Waals surface area contributed by atoms with Gasteiger partial charge in [0.05, 0.1) is 0 Å². The number of hydrogen-bond donors (Lipinski definition) is 1. The van der Waals surface area contributed by atoms with E-state index in [1.807, 2.05) is 0 Å². The van der Waals surface area contributed by atoms with Gasteiger partial charge in [-0.1, -0.05) is 27.3 Å². The summed E-state index contributed by atoms with van der Waals surface area (Å²) in [7, 11) is 0. The molecular formula is C11H9BrFN3O2S. The van der Waals surface area contributed by atoms with Crippen LogP contribution >= 0.6 is 27.3 Å². The number of hydrogen-bond acceptors (Lipinski definition) is 5. The van der Waals surface area contributed by atoms with Gasteiger partial charge in [-0.3, -0.25) is 10.1 Å². The summed E-state index contributed by atoms with van der Waals surface area (Å²) in [5.74, 6) is -0.931. The zero-order valence-electron chi connectivity index (χ0n) is 9.81. The van der Waals surface area contributed by atoms with Crippen LogP contribution in [0, 0.1) is 12.7 Å². The minimum absolute atomic E-state index is 0.0202. The van der Waals surface area contributed by atoms with Gasteiger partial charge < -0.3 is 4.74 Å². The van der Waals surface area contributed by atoms with Crippen molar-refractivity contribution >= 4 is 38.3 Å². The molecule has 0 radical (unpaired) electrons. The lowest BCUT2D eigenvalue weighted by Gasteiger charge is -2.06. The van der Waals surface area contributed by atoms with E-state index in [2.05, 4.69) is 31.4 Å². The normalized spacial score (nSPS) is 10.3. The predicted molar refractivity (Wildman–Crippen MR) is 72.9 cm³/mol. The van der Waals surface area contributed by atoms with Crippen molar-refractivity contribution in [1.29, 1.82) is 0 Å². The van der Waals surface area contributed by atoms with Crippen LogP contribution in [0.3, 0.4) is 0 Å². The fourth-order valence-corrected chi connectivity index (χ4v) is 2.18. The number of amides is 1. The van der Waals surface area contributed by atoms with Crippen LogP contribution in [-0.2, 0) is 4.79 Å². The minimum atomic E-state index is -0.533. The number of aromatic nitrogens is 2. The van der Waals surface area contributed by atoms with Crippen LogP contribution in [0.25, 0.3) is 0 Å². The molecule has 8 heteroatoms. The molecule has 1 aromatic heterocycles. The van der Waals surface area contributed by atoms with Crippen LogP contribution in [0.2, 0.25) is 0 Å². The maximum atomic E-state index is 13.4. The van der Waals surface area contributed by atoms with E-state index in [4.69, 9.17) is 4.74 Å². The third-order valence-corrected chi connectivity index (χ3v) is 3.27. The number of aryl methyl sites for hydroxylation is 1. The molecule has 2 aromatic rings. The van der Waals surface area contributed by atoms with Gasteiger partial charge in [-0.2, -0.15) is 0 Å². The second-order valence-electron chi connectivity index (χ2n) is 3.54. The second-order valence-corrected chi connectivity index (χ2v) is 5.64. The molecule has 1 N–H and O–H groups in total. The number of rotatable bonds is 4. The number of ether oxygens (including phenoxy) is 1. The molecular weight excluding hydrogens is 337 g/mol. The van der Waals surface area contributed by atoms with Crippen molar-refractivity contribution in [2.45, 2.75) is 6.92 Å². The number of nitrogens with one attached hydrogen (secondary N) is 1. The first-order valence-electron chi connectivity index (χ1n) is 5.22. The van der Waals surface area contributed by atoms with Crippen molar-refractivity contribution in [2.24, 2.45) is 0 Å². The second kappa shape index (κ2) is 6.07. The molecule has 2 rings (SSSR count). The van der Waals surface area contributed by atoms with Crippen molar-refractivity contribution in [3.05, 3.63) is 33.5 Å². The van der Waals surface area contributed by atoms with Crippen LogP contribution in [0.1, 0.15) is 5.01 Å². The van der Waals surface area contributed by atoms with E-state index in [9.17, 15) is 9.18 Å². The molecule has 0 fully saturated rings. The first kappa shape index (κ1) is 13.9. The van der Waals surface area contributed by atoms with E-state index >= 15 is 0 Å². The van der Waals surface area contributed by atoms with Crippen molar-refractivity contribution in [3.63, 3.8) is 0 Å². The molecule has 0 atom stereocenters. The smallest absolute Gasteiger partial charge is 0.264 e. The molecule has 5 nitrogen and oxygen atoms in total. The highest BCUT2D eigenvalue weighted by molar-refractivity contribution is 9.10. The Kier molecular flexibility index (Phi) is 4.43. The summed E-state index contributed by atoms with van der Waals surface area (Å²) >= 11 is 4.39. The van der Waals surface area contributed by atoms with Crippen molar-refractivity contribution in [3.8, 4) is 5.75 Å². The molecule has 0 spiro atoms. The first-order valence-corrected chi connectivity index (χ1v) is 6.83. The van der Waals surface area contributed by atoms with E-state index < -0.39 is 11.7 Å². The Balaban J connectivity index is 1.89. The minimum Gasteiger partial charge on any atom is -0.481 e. The zero-order valence-corrected chi connectivity index (χ0v) is 12.2. The van der Waals surface area contributed by atoms with Gasteiger partial charge in [0, 0.05) is 4.47 Å². The lowest BCUT2D eigenvalue weighted by Crippen LogP contribution is -2.20. The number of nitrogens with zero attached hydrogens (tertiary/aromatic N) is 2. The lowest BCUT2D eigenvalue weighted by atomic mass is 10.3. The maximum absolute atomic E-state index is 13.4. The third-order valence-electron chi connectivity index (χ3n) is 2.03. The van der Waals surface area contributed by atoms with E-state index in [1.54, 1.807) is 13.0 Å². The Labute approximate surface area is 120 Å². The van der Waals surface area contributed by atoms with Gasteiger partial charge >= 0.3 is 0 Å². The highest BCUT2D eigenvalue weighted by Gasteiger charge is 2.09. The lowest BCUT2D eigenvalue weighted by molar-refractivity contribution is -0.118. The van der Waals surface area contributed by atoms with Crippen LogP contribution in [-0.4, -0.2) is 22.7 Å². The van der Waals surface area contributed by atoms with Gasteiger partial charge in [0.1, 0.15) is 5.01 Å². The fraction of sp³-hybridized carbons (Fsp3) is 0.182. The zero-order chi connectivity index (χ0) is 13.8. The number of anilines is 1. The Morgan fingerprint density at radius 2 is 2.32 bits per heavy atom. The van der Waals surface area contributed by atoms with Gasteiger partial charge in [-0.05, 0) is 25.1 Å². The Morgan fingerprint density at radius 3 is 2.95 bits per heavy atom. The van der Waals surface area contributed by atoms with Gasteiger partial charge in [-0.25, -0.2) is 4.39 Å². The average Bonchev–Trinajstić information content (AvgIpc) is 2.73. The summed E-state index contributed by atoms with van der Waals surface area (Å²) in [5.41, 5.74) is 0. The molecule has 1 heterocycles. The molecule has 1 aromatic carbocycles. The Bertz CT molecular complexity index is 605. The van der Waals surface area contributed by atoms with Gasteiger partial charge in [-0.15, -0.1) is 10.2 Å². The Morgan fingerprint density at radius 1 is 1.53 bits per heavy atom. The fourth-order valence-electron chi connectivity index (χ4n) is 1.24. The topological polar surface area (TPSA) is 64.1 Å². The van der Waals surface area contributed by atoms with Crippen LogP contribution < -0.4 is 10.1 Å². The van der Waals surface area contributed by atoms with Crippen LogP contribution in [0.4, 0.5) is 9.52 Å². The number of carbonyl (C=O) groups excluding carboxylic acids is 1. The first-order chi connectivity index (χ1) is 9.04. The summed E-state index contributed by atoms with van der Waals surface area (Å²) in [6.07, 6.45) is 0. The van der Waals surface area contributed by atoms with Crippen LogP contribution in [0.5, 0.6) is 5.75 Å². The SMILES string of the molecule is Cc1nnc(NC(=O)COc2ccc(Br)cc2F)s1. The molecule has 1 amide bonds. The standard InChI is InChI=1S/C11H9BrFN3O2S/c1-6-15-16-11(19-6)14-10(17)5-18-9-3-2-7(12)4-8(9)13/h2-4H,5H2,1H3,(H,14,16,17). The summed E-state index contributed by atoms with van der Waals surface area (Å²) in [5, 5.41) is 11.1. The molecule has 0 bridgehead atoms. The highest BCUT2D eigenvalue weighted by atomic mass is 79.9. The molecule has 0 aliphatic carbocycles. The largest absolute Gasteiger partial charge is 0.481 e. The number of benzene rings is 1. The van der Waals surface area contributed by atoms with Crippen molar-refractivity contribution in [1.82, 2.24) is 10.2 Å². The van der Waals surface area contributed by atoms with E-state index in [0.29, 0.717) is 9.60 Å². The number of halogens is 2. The molecule has 0 saturated heterocycles. The average molecular weight is 346 g/mol. The quantitative estimate of drug-likeness (QED) is 0.925. The van der Waals surface area contributed by atoms with Crippen molar-refractivity contribution < 1.29 is 13.9 Å². The summed E-state index contributed by atoms with van der Waals surface area (Å²) in [6, 6.07) is 4.34. The molecule has 100 valence electrons. The molecule has 0 saturated carbocycles. The third kappa shape index (κ3) is 3.97. The van der Waals surface area contributed by atoms with Gasteiger partial charge in [0.2, 0.25) is 5.13 Å². The number of carbonyl (C=O) groups is 1. The van der Waals surface area contributed by atoms with E-state index in [-0.39, 0.29) is 12.4 Å². The van der Waals surface area contributed by atoms with Crippen molar-refractivity contribution in [2.75, 3.05) is 11.9 Å². The summed E-state index contributed by atoms with van der Waals surface area (Å²) in [6.45, 7) is 1.48. The Hall–Kier alpha value is -1.54.